The normalized spacial score (nSPS) is 10.9. The van der Waals surface area contributed by atoms with E-state index in [1.165, 1.54) is 11.3 Å². The van der Waals surface area contributed by atoms with Crippen molar-refractivity contribution < 1.29 is 15.0 Å². The summed E-state index contributed by atoms with van der Waals surface area (Å²) in [6, 6.07) is 1.83. The summed E-state index contributed by atoms with van der Waals surface area (Å²) in [5.41, 5.74) is 0.822. The van der Waals surface area contributed by atoms with Crippen LogP contribution in [-0.4, -0.2) is 40.8 Å². The van der Waals surface area contributed by atoms with Crippen molar-refractivity contribution in [3.05, 3.63) is 21.9 Å². The van der Waals surface area contributed by atoms with E-state index in [1.807, 2.05) is 17.9 Å². The molecule has 0 aromatic carbocycles. The van der Waals surface area contributed by atoms with Gasteiger partial charge >= 0.3 is 5.97 Å². The smallest absolute Gasteiger partial charge is 0.346 e. The maximum Gasteiger partial charge on any atom is 0.346 e. The molecule has 2 N–H and O–H groups in total. The third kappa shape index (κ3) is 3.30. The molecule has 1 aromatic rings. The minimum atomic E-state index is -0.875. The third-order valence-corrected chi connectivity index (χ3v) is 3.14. The summed E-state index contributed by atoms with van der Waals surface area (Å²) in [6.07, 6.45) is 0. The Labute approximate surface area is 92.8 Å². The molecule has 0 fully saturated rings. The molecule has 5 heteroatoms. The minimum absolute atomic E-state index is 0.0976. The van der Waals surface area contributed by atoms with Crippen LogP contribution in [0.25, 0.3) is 0 Å². The lowest BCUT2D eigenvalue weighted by atomic mass is 10.2. The van der Waals surface area contributed by atoms with Gasteiger partial charge in [0.05, 0.1) is 6.61 Å². The van der Waals surface area contributed by atoms with Gasteiger partial charge in [-0.05, 0) is 23.6 Å². The molecule has 0 radical (unpaired) electrons. The maximum absolute atomic E-state index is 10.9. The van der Waals surface area contributed by atoms with Gasteiger partial charge in [-0.1, -0.05) is 6.92 Å². The summed E-state index contributed by atoms with van der Waals surface area (Å²) in [5.74, 6) is -0.875. The first-order valence-electron chi connectivity index (χ1n) is 4.82. The Morgan fingerprint density at radius 1 is 1.60 bits per heavy atom. The predicted molar refractivity (Wildman–Crippen MR) is 59.3 cm³/mol. The fourth-order valence-electron chi connectivity index (χ4n) is 1.38. The maximum atomic E-state index is 10.9. The summed E-state index contributed by atoms with van der Waals surface area (Å²) in [6.45, 7) is 4.05. The number of aromatic carboxylic acids is 1. The largest absolute Gasteiger partial charge is 0.477 e. The molecule has 1 aromatic heterocycles. The molecule has 0 unspecified atom stereocenters. The molecular weight excluding hydrogens is 214 g/mol. The number of likely N-dealkylation sites (N-methyl/N-ethyl adjacent to an activating group) is 1. The topological polar surface area (TPSA) is 60.8 Å². The summed E-state index contributed by atoms with van der Waals surface area (Å²) >= 11 is 1.24. The lowest BCUT2D eigenvalue weighted by molar-refractivity contribution is 0.0700. The van der Waals surface area contributed by atoms with E-state index in [2.05, 4.69) is 0 Å². The standard InChI is InChI=1S/C10H15NO3S/c1-2-11(4-5-12)7-8-3-6-15-9(8)10(13)14/h3,6,12H,2,4-5,7H2,1H3,(H,13,14). The third-order valence-electron chi connectivity index (χ3n) is 2.20. The Hall–Kier alpha value is -0.910. The summed E-state index contributed by atoms with van der Waals surface area (Å²) in [4.78, 5) is 13.3. The van der Waals surface area contributed by atoms with Crippen LogP contribution in [0.5, 0.6) is 0 Å². The molecule has 1 rings (SSSR count). The molecule has 4 nitrogen and oxygen atoms in total. The number of rotatable bonds is 6. The Morgan fingerprint density at radius 3 is 2.87 bits per heavy atom. The zero-order chi connectivity index (χ0) is 11.3. The van der Waals surface area contributed by atoms with Gasteiger partial charge in [0.15, 0.2) is 0 Å². The zero-order valence-corrected chi connectivity index (χ0v) is 9.46. The van der Waals surface area contributed by atoms with Crippen molar-refractivity contribution in [3.8, 4) is 0 Å². The van der Waals surface area contributed by atoms with Gasteiger partial charge in [0.2, 0.25) is 0 Å². The fraction of sp³-hybridized carbons (Fsp3) is 0.500. The second-order valence-corrected chi connectivity index (χ2v) is 4.09. The summed E-state index contributed by atoms with van der Waals surface area (Å²) < 4.78 is 0. The first kappa shape index (κ1) is 12.2. The van der Waals surface area contributed by atoms with E-state index in [0.29, 0.717) is 18.0 Å². The highest BCUT2D eigenvalue weighted by molar-refractivity contribution is 7.12. The number of aliphatic hydroxyl groups is 1. The van der Waals surface area contributed by atoms with Crippen LogP contribution in [0.1, 0.15) is 22.2 Å². The number of carboxylic acid groups (broad SMARTS) is 1. The molecule has 15 heavy (non-hydrogen) atoms. The number of thiophene rings is 1. The van der Waals surface area contributed by atoms with Gasteiger partial charge in [-0.15, -0.1) is 11.3 Å². The lowest BCUT2D eigenvalue weighted by Gasteiger charge is -2.18. The van der Waals surface area contributed by atoms with Crippen molar-refractivity contribution in [3.63, 3.8) is 0 Å². The zero-order valence-electron chi connectivity index (χ0n) is 8.64. The van der Waals surface area contributed by atoms with Crippen LogP contribution in [0.3, 0.4) is 0 Å². The molecule has 0 atom stereocenters. The van der Waals surface area contributed by atoms with Crippen molar-refractivity contribution in [2.45, 2.75) is 13.5 Å². The molecule has 0 aliphatic rings. The Kier molecular flexibility index (Phi) is 4.74. The van der Waals surface area contributed by atoms with Gasteiger partial charge in [-0.2, -0.15) is 0 Å². The van der Waals surface area contributed by atoms with Crippen LogP contribution < -0.4 is 0 Å². The fourth-order valence-corrected chi connectivity index (χ4v) is 2.13. The average Bonchev–Trinajstić information content (AvgIpc) is 2.65. The van der Waals surface area contributed by atoms with Crippen LogP contribution >= 0.6 is 11.3 Å². The highest BCUT2D eigenvalue weighted by Crippen LogP contribution is 2.18. The molecule has 0 saturated carbocycles. The Morgan fingerprint density at radius 2 is 2.33 bits per heavy atom. The van der Waals surface area contributed by atoms with Crippen molar-refractivity contribution in [1.29, 1.82) is 0 Å². The monoisotopic (exact) mass is 229 g/mol. The minimum Gasteiger partial charge on any atom is -0.477 e. The summed E-state index contributed by atoms with van der Waals surface area (Å²) in [7, 11) is 0. The molecule has 0 saturated heterocycles. The Balaban J connectivity index is 2.70. The van der Waals surface area contributed by atoms with E-state index in [0.717, 1.165) is 12.1 Å². The highest BCUT2D eigenvalue weighted by atomic mass is 32.1. The first-order chi connectivity index (χ1) is 7.19. The molecule has 84 valence electrons. The number of aliphatic hydroxyl groups excluding tert-OH is 1. The van der Waals surface area contributed by atoms with Crippen molar-refractivity contribution in [2.75, 3.05) is 19.7 Å². The number of nitrogens with zero attached hydrogens (tertiary/aromatic N) is 1. The van der Waals surface area contributed by atoms with E-state index in [-0.39, 0.29) is 6.61 Å². The van der Waals surface area contributed by atoms with Crippen LogP contribution in [0.15, 0.2) is 11.4 Å². The summed E-state index contributed by atoms with van der Waals surface area (Å²) in [5, 5.41) is 19.5. The number of carbonyl (C=O) groups is 1. The second-order valence-electron chi connectivity index (χ2n) is 3.17. The average molecular weight is 229 g/mol. The number of carboxylic acids is 1. The van der Waals surface area contributed by atoms with Gasteiger partial charge in [-0.25, -0.2) is 4.79 Å². The van der Waals surface area contributed by atoms with Gasteiger partial charge < -0.3 is 10.2 Å². The molecule has 0 aliphatic carbocycles. The Bertz CT molecular complexity index is 324. The van der Waals surface area contributed by atoms with Crippen LogP contribution in [0.4, 0.5) is 0 Å². The highest BCUT2D eigenvalue weighted by Gasteiger charge is 2.13. The lowest BCUT2D eigenvalue weighted by Crippen LogP contribution is -2.26. The molecule has 0 aliphatic heterocycles. The van der Waals surface area contributed by atoms with Crippen LogP contribution in [0, 0.1) is 0 Å². The number of hydrogen-bond donors (Lipinski definition) is 2. The molecular formula is C10H15NO3S. The van der Waals surface area contributed by atoms with E-state index in [9.17, 15) is 4.79 Å². The number of hydrogen-bond acceptors (Lipinski definition) is 4. The van der Waals surface area contributed by atoms with Gasteiger partial charge in [0.1, 0.15) is 4.88 Å². The SMILES string of the molecule is CCN(CCO)Cc1ccsc1C(=O)O. The van der Waals surface area contributed by atoms with Gasteiger partial charge in [-0.3, -0.25) is 4.90 Å². The van der Waals surface area contributed by atoms with E-state index < -0.39 is 5.97 Å². The van der Waals surface area contributed by atoms with Crippen LogP contribution in [0.2, 0.25) is 0 Å². The second kappa shape index (κ2) is 5.85. The van der Waals surface area contributed by atoms with Gasteiger partial charge in [0, 0.05) is 13.1 Å². The molecule has 1 heterocycles. The van der Waals surface area contributed by atoms with Crippen molar-refractivity contribution in [2.24, 2.45) is 0 Å². The first-order valence-corrected chi connectivity index (χ1v) is 5.69. The van der Waals surface area contributed by atoms with E-state index in [4.69, 9.17) is 10.2 Å². The quantitative estimate of drug-likeness (QED) is 0.771. The predicted octanol–water partition coefficient (Wildman–Crippen LogP) is 1.26. The van der Waals surface area contributed by atoms with Crippen LogP contribution in [-0.2, 0) is 6.54 Å². The molecule has 0 bridgehead atoms. The van der Waals surface area contributed by atoms with Crippen molar-refractivity contribution in [1.82, 2.24) is 4.90 Å². The van der Waals surface area contributed by atoms with Crippen molar-refractivity contribution >= 4 is 17.3 Å². The van der Waals surface area contributed by atoms with E-state index >= 15 is 0 Å². The van der Waals surface area contributed by atoms with Gasteiger partial charge in [0.25, 0.3) is 0 Å². The van der Waals surface area contributed by atoms with E-state index in [1.54, 1.807) is 5.38 Å². The molecule has 0 amide bonds. The molecule has 0 spiro atoms.